The minimum Gasteiger partial charge on any atom is -0.384 e. The van der Waals surface area contributed by atoms with E-state index < -0.39 is 0 Å². The lowest BCUT2D eigenvalue weighted by atomic mass is 9.67. The molecule has 2 aliphatic rings. The number of rotatable bonds is 4. The minimum absolute atomic E-state index is 0.00359. The molecular weight excluding hydrogens is 320 g/mol. The third-order valence-electron chi connectivity index (χ3n) is 5.53. The first-order valence-corrected chi connectivity index (χ1v) is 8.61. The van der Waals surface area contributed by atoms with Gasteiger partial charge in [-0.2, -0.15) is 0 Å². The Kier molecular flexibility index (Phi) is 4.09. The van der Waals surface area contributed by atoms with Crippen LogP contribution in [0.1, 0.15) is 16.8 Å². The van der Waals surface area contributed by atoms with E-state index in [0.29, 0.717) is 17.9 Å². The van der Waals surface area contributed by atoms with Gasteiger partial charge in [0, 0.05) is 50.2 Å². The molecule has 1 aromatic heterocycles. The van der Waals surface area contributed by atoms with Crippen LogP contribution in [0.5, 0.6) is 0 Å². The Morgan fingerprint density at radius 3 is 3.00 bits per heavy atom. The number of hydrogen-bond acceptors (Lipinski definition) is 4. The summed E-state index contributed by atoms with van der Waals surface area (Å²) < 4.78 is 12.8. The number of nitrogens with one attached hydrogen (secondary N) is 1. The molecule has 2 heterocycles. The highest BCUT2D eigenvalue weighted by Crippen LogP contribution is 2.43. The second-order valence-electron chi connectivity index (χ2n) is 6.91. The third-order valence-corrected chi connectivity index (χ3v) is 5.53. The van der Waals surface area contributed by atoms with Crippen LogP contribution in [0.2, 0.25) is 0 Å². The van der Waals surface area contributed by atoms with E-state index in [-0.39, 0.29) is 35.0 Å². The van der Waals surface area contributed by atoms with E-state index in [9.17, 15) is 9.59 Å². The number of ether oxygens (including phenoxy) is 2. The van der Waals surface area contributed by atoms with Gasteiger partial charge in [0.25, 0.3) is 5.91 Å². The SMILES string of the molecule is COC[C@@H]1[C@H](NC(=O)c2cn(C)c3ccccc3c2=O)[C@@H]2CCO[C@H]12. The quantitative estimate of drug-likeness (QED) is 0.910. The van der Waals surface area contributed by atoms with Crippen molar-refractivity contribution in [3.63, 3.8) is 0 Å². The van der Waals surface area contributed by atoms with Gasteiger partial charge in [-0.15, -0.1) is 0 Å². The van der Waals surface area contributed by atoms with E-state index in [1.165, 1.54) is 0 Å². The highest BCUT2D eigenvalue weighted by atomic mass is 16.5. The highest BCUT2D eigenvalue weighted by Gasteiger charge is 2.54. The normalized spacial score (nSPS) is 27.8. The highest BCUT2D eigenvalue weighted by molar-refractivity contribution is 5.97. The van der Waals surface area contributed by atoms with E-state index in [1.807, 2.05) is 29.8 Å². The summed E-state index contributed by atoms with van der Waals surface area (Å²) >= 11 is 0. The van der Waals surface area contributed by atoms with Gasteiger partial charge in [-0.3, -0.25) is 9.59 Å². The number of amides is 1. The fourth-order valence-electron chi connectivity index (χ4n) is 4.27. The van der Waals surface area contributed by atoms with Crippen LogP contribution in [0.15, 0.2) is 35.3 Å². The fraction of sp³-hybridized carbons (Fsp3) is 0.474. The zero-order valence-corrected chi connectivity index (χ0v) is 14.4. The van der Waals surface area contributed by atoms with Gasteiger partial charge >= 0.3 is 0 Å². The number of para-hydroxylation sites is 1. The molecule has 1 amide bonds. The Morgan fingerprint density at radius 2 is 2.20 bits per heavy atom. The Labute approximate surface area is 145 Å². The number of nitrogens with zero attached hydrogens (tertiary/aromatic N) is 1. The van der Waals surface area contributed by atoms with Crippen LogP contribution < -0.4 is 10.7 Å². The number of benzene rings is 1. The maximum Gasteiger partial charge on any atom is 0.257 e. The van der Waals surface area contributed by atoms with Crippen molar-refractivity contribution in [2.45, 2.75) is 18.6 Å². The lowest BCUT2D eigenvalue weighted by Gasteiger charge is -2.47. The first kappa shape index (κ1) is 16.3. The molecule has 0 bridgehead atoms. The van der Waals surface area contributed by atoms with Crippen molar-refractivity contribution < 1.29 is 14.3 Å². The van der Waals surface area contributed by atoms with Crippen molar-refractivity contribution in [1.29, 1.82) is 0 Å². The molecule has 6 heteroatoms. The van der Waals surface area contributed by atoms with E-state index in [1.54, 1.807) is 19.4 Å². The summed E-state index contributed by atoms with van der Waals surface area (Å²) in [6, 6.07) is 7.32. The van der Waals surface area contributed by atoms with Crippen molar-refractivity contribution in [1.82, 2.24) is 9.88 Å². The predicted molar refractivity (Wildman–Crippen MR) is 93.7 cm³/mol. The summed E-state index contributed by atoms with van der Waals surface area (Å²) in [5.41, 5.74) is 0.766. The molecule has 1 saturated heterocycles. The number of carbonyl (C=O) groups excluding carboxylic acids is 1. The lowest BCUT2D eigenvalue weighted by Crippen LogP contribution is -2.63. The Morgan fingerprint density at radius 1 is 1.40 bits per heavy atom. The van der Waals surface area contributed by atoms with E-state index in [2.05, 4.69) is 5.32 Å². The predicted octanol–water partition coefficient (Wildman–Crippen LogP) is 1.32. The molecule has 1 aliphatic carbocycles. The van der Waals surface area contributed by atoms with Gasteiger partial charge in [0.2, 0.25) is 5.43 Å². The minimum atomic E-state index is -0.317. The Bertz CT molecular complexity index is 875. The van der Waals surface area contributed by atoms with Gasteiger partial charge in [-0.05, 0) is 18.6 Å². The summed E-state index contributed by atoms with van der Waals surface area (Å²) in [6.45, 7) is 1.27. The maximum atomic E-state index is 12.8. The second-order valence-corrected chi connectivity index (χ2v) is 6.91. The molecule has 1 aliphatic heterocycles. The molecule has 0 radical (unpaired) electrons. The zero-order chi connectivity index (χ0) is 17.6. The van der Waals surface area contributed by atoms with Gasteiger partial charge < -0.3 is 19.4 Å². The molecule has 4 atom stereocenters. The van der Waals surface area contributed by atoms with E-state index in [4.69, 9.17) is 9.47 Å². The molecule has 1 aromatic carbocycles. The van der Waals surface area contributed by atoms with Gasteiger partial charge in [0.05, 0.1) is 18.2 Å². The number of fused-ring (bicyclic) bond motifs is 2. The van der Waals surface area contributed by atoms with Gasteiger partial charge in [-0.1, -0.05) is 12.1 Å². The first-order chi connectivity index (χ1) is 12.1. The zero-order valence-electron chi connectivity index (χ0n) is 14.4. The van der Waals surface area contributed by atoms with Crippen molar-refractivity contribution in [3.8, 4) is 0 Å². The van der Waals surface area contributed by atoms with Crippen LogP contribution in [-0.4, -0.2) is 42.9 Å². The first-order valence-electron chi connectivity index (χ1n) is 8.61. The average Bonchev–Trinajstić information content (AvgIpc) is 3.05. The molecule has 25 heavy (non-hydrogen) atoms. The van der Waals surface area contributed by atoms with Crippen LogP contribution in [0.25, 0.3) is 10.9 Å². The fourth-order valence-corrected chi connectivity index (χ4v) is 4.27. The van der Waals surface area contributed by atoms with Crippen LogP contribution in [0.3, 0.4) is 0 Å². The number of aromatic nitrogens is 1. The van der Waals surface area contributed by atoms with Crippen molar-refractivity contribution in [2.24, 2.45) is 18.9 Å². The van der Waals surface area contributed by atoms with Crippen molar-refractivity contribution >= 4 is 16.8 Å². The summed E-state index contributed by atoms with van der Waals surface area (Å²) in [5, 5.41) is 3.62. The smallest absolute Gasteiger partial charge is 0.257 e. The number of pyridine rings is 1. The largest absolute Gasteiger partial charge is 0.384 e. The average molecular weight is 342 g/mol. The summed E-state index contributed by atoms with van der Waals surface area (Å²) in [5.74, 6) is 0.141. The lowest BCUT2D eigenvalue weighted by molar-refractivity contribution is -0.0809. The van der Waals surface area contributed by atoms with Crippen molar-refractivity contribution in [2.75, 3.05) is 20.3 Å². The summed E-state index contributed by atoms with van der Waals surface area (Å²) in [7, 11) is 3.50. The Hall–Kier alpha value is -2.18. The summed E-state index contributed by atoms with van der Waals surface area (Å²) in [6.07, 6.45) is 2.71. The van der Waals surface area contributed by atoms with Crippen molar-refractivity contribution in [3.05, 3.63) is 46.2 Å². The molecule has 2 aromatic rings. The van der Waals surface area contributed by atoms with Gasteiger partial charge in [-0.25, -0.2) is 0 Å². The van der Waals surface area contributed by atoms with Crippen LogP contribution in [0.4, 0.5) is 0 Å². The molecule has 2 fully saturated rings. The van der Waals surface area contributed by atoms with E-state index >= 15 is 0 Å². The van der Waals surface area contributed by atoms with Gasteiger partial charge in [0.1, 0.15) is 5.56 Å². The number of aryl methyl sites for hydroxylation is 1. The van der Waals surface area contributed by atoms with E-state index in [0.717, 1.165) is 18.5 Å². The summed E-state index contributed by atoms with van der Waals surface area (Å²) in [4.78, 5) is 25.5. The maximum absolute atomic E-state index is 12.8. The molecule has 4 rings (SSSR count). The molecular formula is C19H22N2O4. The molecule has 132 valence electrons. The number of carbonyl (C=O) groups is 1. The van der Waals surface area contributed by atoms with Gasteiger partial charge in [0.15, 0.2) is 0 Å². The molecule has 0 spiro atoms. The third kappa shape index (κ3) is 2.56. The number of methoxy groups -OCH3 is 1. The number of hydrogen-bond donors (Lipinski definition) is 1. The monoisotopic (exact) mass is 342 g/mol. The molecule has 1 saturated carbocycles. The molecule has 1 N–H and O–H groups in total. The van der Waals surface area contributed by atoms with Crippen LogP contribution in [0, 0.1) is 11.8 Å². The standard InChI is InChI=1S/C19H22N2O4/c1-21-9-13(17(22)11-5-3-4-6-15(11)21)19(23)20-16-12-7-8-25-18(12)14(16)10-24-2/h3-6,9,12,14,16,18H,7-8,10H2,1-2H3,(H,20,23)/t12-,14+,16+,18-/m0/s1. The topological polar surface area (TPSA) is 69.6 Å². The Balaban J connectivity index is 1.62. The van der Waals surface area contributed by atoms with Crippen LogP contribution in [-0.2, 0) is 16.5 Å². The molecule has 6 nitrogen and oxygen atoms in total. The molecule has 0 unspecified atom stereocenters. The van der Waals surface area contributed by atoms with Crippen LogP contribution >= 0.6 is 0 Å². The second kappa shape index (κ2) is 6.28.